The van der Waals surface area contributed by atoms with E-state index in [2.05, 4.69) is 34.2 Å². The van der Waals surface area contributed by atoms with Crippen LogP contribution in [0, 0.1) is 6.92 Å². The number of benzene rings is 2. The van der Waals surface area contributed by atoms with E-state index >= 15 is 0 Å². The molecule has 0 aliphatic carbocycles. The number of morpholine rings is 1. The third-order valence-corrected chi connectivity index (χ3v) is 6.98. The summed E-state index contributed by atoms with van der Waals surface area (Å²) in [5.74, 6) is 2.45. The molecule has 3 aromatic rings. The first-order valence-electron chi connectivity index (χ1n) is 11.7. The predicted octanol–water partition coefficient (Wildman–Crippen LogP) is 2.80. The van der Waals surface area contributed by atoms with Crippen LogP contribution in [0.3, 0.4) is 0 Å². The van der Waals surface area contributed by atoms with Crippen molar-refractivity contribution in [1.82, 2.24) is 19.7 Å². The number of fused-ring (bicyclic) bond motifs is 1. The molecule has 35 heavy (non-hydrogen) atoms. The van der Waals surface area contributed by atoms with Gasteiger partial charge in [-0.2, -0.15) is 0 Å². The highest BCUT2D eigenvalue weighted by molar-refractivity contribution is 7.99. The Labute approximate surface area is 209 Å². The van der Waals surface area contributed by atoms with E-state index in [4.69, 9.17) is 14.2 Å². The van der Waals surface area contributed by atoms with Gasteiger partial charge < -0.3 is 24.0 Å². The maximum absolute atomic E-state index is 13.0. The number of anilines is 1. The summed E-state index contributed by atoms with van der Waals surface area (Å²) in [5.41, 5.74) is 2.12. The summed E-state index contributed by atoms with van der Waals surface area (Å²) >= 11 is 1.39. The van der Waals surface area contributed by atoms with Crippen LogP contribution in [0.1, 0.15) is 5.56 Å². The summed E-state index contributed by atoms with van der Waals surface area (Å²) in [6, 6.07) is 15.7. The molecule has 10 heteroatoms. The van der Waals surface area contributed by atoms with Crippen molar-refractivity contribution in [2.45, 2.75) is 18.2 Å². The molecular formula is C25H29N5O4S. The van der Waals surface area contributed by atoms with Crippen molar-refractivity contribution in [2.24, 2.45) is 0 Å². The smallest absolute Gasteiger partial charge is 0.232 e. The fourth-order valence-corrected chi connectivity index (χ4v) is 5.03. The minimum Gasteiger partial charge on any atom is -0.486 e. The number of rotatable bonds is 7. The van der Waals surface area contributed by atoms with Gasteiger partial charge in [-0.1, -0.05) is 42.1 Å². The molecule has 1 saturated heterocycles. The van der Waals surface area contributed by atoms with Crippen LogP contribution >= 0.6 is 11.8 Å². The average Bonchev–Trinajstić information content (AvgIpc) is 3.31. The van der Waals surface area contributed by atoms with E-state index in [-0.39, 0.29) is 17.8 Å². The first-order chi connectivity index (χ1) is 17.1. The van der Waals surface area contributed by atoms with Crippen LogP contribution in [0.15, 0.2) is 53.7 Å². The van der Waals surface area contributed by atoms with Gasteiger partial charge in [-0.05, 0) is 30.7 Å². The van der Waals surface area contributed by atoms with Crippen LogP contribution in [0.25, 0.3) is 5.69 Å². The van der Waals surface area contributed by atoms with E-state index in [0.29, 0.717) is 37.3 Å². The van der Waals surface area contributed by atoms with Crippen molar-refractivity contribution in [3.63, 3.8) is 0 Å². The van der Waals surface area contributed by atoms with E-state index in [1.807, 2.05) is 41.0 Å². The topological polar surface area (TPSA) is 82.0 Å². The molecule has 0 spiro atoms. The van der Waals surface area contributed by atoms with Crippen molar-refractivity contribution in [3.05, 3.63) is 54.1 Å². The number of para-hydroxylation sites is 3. The molecular weight excluding hydrogens is 466 g/mol. The standard InChI is InChI=1S/C25H29N5O4S/c1-18-7-3-4-8-20(18)30-24(29-11-13-32-14-12-29)26-27-25(30)35-17-23(31)28(2)15-19-16-33-21-9-5-6-10-22(21)34-19/h3-10,19H,11-17H2,1-2H3. The summed E-state index contributed by atoms with van der Waals surface area (Å²) < 4.78 is 19.3. The molecule has 5 rings (SSSR count). The second-order valence-electron chi connectivity index (χ2n) is 8.56. The second kappa shape index (κ2) is 10.6. The average molecular weight is 496 g/mol. The SMILES string of the molecule is Cc1ccccc1-n1c(SCC(=O)N(C)CC2COc3ccccc3O2)nnc1N1CCOCC1. The first-order valence-corrected chi connectivity index (χ1v) is 12.7. The number of nitrogens with zero attached hydrogens (tertiary/aromatic N) is 5. The second-order valence-corrected chi connectivity index (χ2v) is 9.51. The number of likely N-dealkylation sites (N-methyl/N-ethyl adjacent to an activating group) is 1. The molecule has 1 unspecified atom stereocenters. The van der Waals surface area contributed by atoms with Crippen LogP contribution in [0.4, 0.5) is 5.95 Å². The first kappa shape index (κ1) is 23.5. The molecule has 2 aliphatic heterocycles. The Morgan fingerprint density at radius 3 is 2.63 bits per heavy atom. The Morgan fingerprint density at radius 1 is 1.09 bits per heavy atom. The van der Waals surface area contributed by atoms with Crippen LogP contribution in [0.2, 0.25) is 0 Å². The van der Waals surface area contributed by atoms with E-state index in [1.54, 1.807) is 11.9 Å². The van der Waals surface area contributed by atoms with Crippen molar-refractivity contribution in [2.75, 3.05) is 57.2 Å². The molecule has 2 aromatic carbocycles. The number of aryl methyl sites for hydroxylation is 1. The van der Waals surface area contributed by atoms with E-state index in [9.17, 15) is 4.79 Å². The minimum atomic E-state index is -0.215. The Morgan fingerprint density at radius 2 is 1.83 bits per heavy atom. The molecule has 0 saturated carbocycles. The molecule has 1 fully saturated rings. The lowest BCUT2D eigenvalue weighted by Gasteiger charge is -2.29. The minimum absolute atomic E-state index is 0.00952. The van der Waals surface area contributed by atoms with Crippen molar-refractivity contribution >= 4 is 23.6 Å². The lowest BCUT2D eigenvalue weighted by atomic mass is 10.2. The number of aromatic nitrogens is 3. The van der Waals surface area contributed by atoms with Gasteiger partial charge in [-0.15, -0.1) is 10.2 Å². The maximum Gasteiger partial charge on any atom is 0.232 e. The Hall–Kier alpha value is -3.24. The van der Waals surface area contributed by atoms with E-state index < -0.39 is 0 Å². The zero-order chi connectivity index (χ0) is 24.2. The summed E-state index contributed by atoms with van der Waals surface area (Å²) in [5, 5.41) is 9.64. The third kappa shape index (κ3) is 5.23. The van der Waals surface area contributed by atoms with Gasteiger partial charge >= 0.3 is 0 Å². The number of carbonyl (C=O) groups excluding carboxylic acids is 1. The lowest BCUT2D eigenvalue weighted by molar-refractivity contribution is -0.128. The highest BCUT2D eigenvalue weighted by atomic mass is 32.2. The van der Waals surface area contributed by atoms with Gasteiger partial charge in [0, 0.05) is 20.1 Å². The zero-order valence-corrected chi connectivity index (χ0v) is 20.7. The zero-order valence-electron chi connectivity index (χ0n) is 19.9. The number of carbonyl (C=O) groups is 1. The number of thioether (sulfide) groups is 1. The number of amides is 1. The molecule has 1 atom stereocenters. The summed E-state index contributed by atoms with van der Waals surface area (Å²) in [6.07, 6.45) is -0.215. The maximum atomic E-state index is 13.0. The van der Waals surface area contributed by atoms with Gasteiger partial charge in [0.05, 0.1) is 31.2 Å². The highest BCUT2D eigenvalue weighted by Gasteiger charge is 2.26. The molecule has 9 nitrogen and oxygen atoms in total. The van der Waals surface area contributed by atoms with Crippen LogP contribution in [-0.4, -0.2) is 83.9 Å². The van der Waals surface area contributed by atoms with E-state index in [1.165, 1.54) is 11.8 Å². The largest absolute Gasteiger partial charge is 0.486 e. The monoisotopic (exact) mass is 495 g/mol. The predicted molar refractivity (Wildman–Crippen MR) is 134 cm³/mol. The van der Waals surface area contributed by atoms with Crippen molar-refractivity contribution in [3.8, 4) is 17.2 Å². The van der Waals surface area contributed by atoms with Gasteiger partial charge in [0.15, 0.2) is 22.8 Å². The molecule has 0 bridgehead atoms. The molecule has 2 aliphatic rings. The van der Waals surface area contributed by atoms with E-state index in [0.717, 1.165) is 36.0 Å². The lowest BCUT2D eigenvalue weighted by Crippen LogP contribution is -2.42. The molecule has 0 N–H and O–H groups in total. The summed E-state index contributed by atoms with van der Waals surface area (Å²) in [4.78, 5) is 16.8. The van der Waals surface area contributed by atoms with Gasteiger partial charge in [-0.3, -0.25) is 9.36 Å². The molecule has 184 valence electrons. The van der Waals surface area contributed by atoms with Gasteiger partial charge in [0.25, 0.3) is 0 Å². The van der Waals surface area contributed by atoms with Crippen molar-refractivity contribution < 1.29 is 19.0 Å². The quantitative estimate of drug-likeness (QED) is 0.463. The van der Waals surface area contributed by atoms with Gasteiger partial charge in [0.2, 0.25) is 11.9 Å². The summed E-state index contributed by atoms with van der Waals surface area (Å²) in [6.45, 7) is 5.74. The van der Waals surface area contributed by atoms with Crippen LogP contribution in [0.5, 0.6) is 11.5 Å². The molecule has 1 amide bonds. The highest BCUT2D eigenvalue weighted by Crippen LogP contribution is 2.31. The van der Waals surface area contributed by atoms with Crippen LogP contribution < -0.4 is 14.4 Å². The van der Waals surface area contributed by atoms with Crippen molar-refractivity contribution in [1.29, 1.82) is 0 Å². The molecule has 3 heterocycles. The number of hydrogen-bond donors (Lipinski definition) is 0. The molecule has 1 aromatic heterocycles. The number of hydrogen-bond acceptors (Lipinski definition) is 8. The van der Waals surface area contributed by atoms with Gasteiger partial charge in [-0.25, -0.2) is 0 Å². The Bertz CT molecular complexity index is 1180. The fraction of sp³-hybridized carbons (Fsp3) is 0.400. The Kier molecular flexibility index (Phi) is 7.10. The van der Waals surface area contributed by atoms with Gasteiger partial charge in [0.1, 0.15) is 6.61 Å². The third-order valence-electron chi connectivity index (χ3n) is 6.06. The fourth-order valence-electron chi connectivity index (χ4n) is 4.15. The normalized spacial score (nSPS) is 17.3. The summed E-state index contributed by atoms with van der Waals surface area (Å²) in [7, 11) is 1.79. The van der Waals surface area contributed by atoms with Crippen LogP contribution in [-0.2, 0) is 9.53 Å². The Balaban J connectivity index is 1.27. The number of ether oxygens (including phenoxy) is 3. The molecule has 0 radical (unpaired) electrons.